The molecule has 0 radical (unpaired) electrons. The summed E-state index contributed by atoms with van der Waals surface area (Å²) in [5, 5.41) is 15.5. The van der Waals surface area contributed by atoms with Crippen molar-refractivity contribution in [1.82, 2.24) is 10.3 Å². The molecule has 0 atom stereocenters. The Morgan fingerprint density at radius 2 is 1.82 bits per heavy atom. The average molecular weight is 312 g/mol. The molecule has 0 aliphatic carbocycles. The minimum Gasteiger partial charge on any atom is -0.383 e. The van der Waals surface area contributed by atoms with Crippen molar-refractivity contribution >= 4 is 32.9 Å². The first-order valence-electron chi connectivity index (χ1n) is 7.41. The molecule has 1 heterocycles. The summed E-state index contributed by atoms with van der Waals surface area (Å²) in [5.41, 5.74) is 2.26. The molecule has 0 saturated carbocycles. The summed E-state index contributed by atoms with van der Waals surface area (Å²) in [6, 6.07) is 14.8. The topological polar surface area (TPSA) is 49.0 Å². The van der Waals surface area contributed by atoms with Crippen LogP contribution in [0.4, 0.5) is 10.8 Å². The summed E-state index contributed by atoms with van der Waals surface area (Å²) < 4.78 is 0. The summed E-state index contributed by atoms with van der Waals surface area (Å²) in [7, 11) is 1.93. The average Bonchev–Trinajstić information content (AvgIpc) is 3.00. The van der Waals surface area contributed by atoms with E-state index < -0.39 is 0 Å². The number of hydrogen-bond donors (Lipinski definition) is 3. The van der Waals surface area contributed by atoms with Crippen molar-refractivity contribution < 1.29 is 0 Å². The number of rotatable bonds is 7. The standard InChI is InChI=1S/C17H20N4S/c1-18-11-14-12-22-17(21-14)20-10-9-19-16-8-4-6-13-5-2-3-7-15(13)16/h2-8,12,18-19H,9-11H2,1H3,(H,20,21). The number of thiazole rings is 1. The molecule has 0 amide bonds. The Hall–Kier alpha value is -2.11. The van der Waals surface area contributed by atoms with E-state index in [1.807, 2.05) is 7.05 Å². The lowest BCUT2D eigenvalue weighted by Gasteiger charge is -2.10. The van der Waals surface area contributed by atoms with Crippen LogP contribution in [-0.4, -0.2) is 25.1 Å². The fourth-order valence-corrected chi connectivity index (χ4v) is 3.14. The Morgan fingerprint density at radius 3 is 2.73 bits per heavy atom. The fourth-order valence-electron chi connectivity index (χ4n) is 2.40. The number of nitrogens with zero attached hydrogens (tertiary/aromatic N) is 1. The van der Waals surface area contributed by atoms with Crippen molar-refractivity contribution in [3.63, 3.8) is 0 Å². The van der Waals surface area contributed by atoms with E-state index in [0.29, 0.717) is 0 Å². The van der Waals surface area contributed by atoms with Crippen molar-refractivity contribution in [2.24, 2.45) is 0 Å². The van der Waals surface area contributed by atoms with Crippen molar-refractivity contribution in [1.29, 1.82) is 0 Å². The summed E-state index contributed by atoms with van der Waals surface area (Å²) in [5.74, 6) is 0. The highest BCUT2D eigenvalue weighted by Crippen LogP contribution is 2.22. The molecule has 0 bridgehead atoms. The summed E-state index contributed by atoms with van der Waals surface area (Å²) in [4.78, 5) is 4.51. The third-order valence-corrected chi connectivity index (χ3v) is 4.26. The van der Waals surface area contributed by atoms with Crippen molar-refractivity contribution in [2.45, 2.75) is 6.54 Å². The molecule has 114 valence electrons. The predicted molar refractivity (Wildman–Crippen MR) is 95.8 cm³/mol. The molecule has 22 heavy (non-hydrogen) atoms. The Balaban J connectivity index is 1.54. The maximum absolute atomic E-state index is 4.51. The van der Waals surface area contributed by atoms with Crippen LogP contribution < -0.4 is 16.0 Å². The number of fused-ring (bicyclic) bond motifs is 1. The Labute approximate surface area is 134 Å². The Morgan fingerprint density at radius 1 is 1.00 bits per heavy atom. The molecule has 3 aromatic rings. The van der Waals surface area contributed by atoms with Crippen molar-refractivity contribution in [2.75, 3.05) is 30.8 Å². The normalized spacial score (nSPS) is 10.8. The van der Waals surface area contributed by atoms with Crippen LogP contribution in [0, 0.1) is 0 Å². The van der Waals surface area contributed by atoms with E-state index in [2.05, 4.69) is 68.8 Å². The van der Waals surface area contributed by atoms with E-state index in [1.54, 1.807) is 11.3 Å². The van der Waals surface area contributed by atoms with Gasteiger partial charge in [-0.05, 0) is 18.5 Å². The van der Waals surface area contributed by atoms with Gasteiger partial charge >= 0.3 is 0 Å². The lowest BCUT2D eigenvalue weighted by molar-refractivity contribution is 0.797. The van der Waals surface area contributed by atoms with Gasteiger partial charge in [-0.15, -0.1) is 11.3 Å². The zero-order chi connectivity index (χ0) is 15.2. The zero-order valence-electron chi connectivity index (χ0n) is 12.6. The number of anilines is 2. The molecule has 3 rings (SSSR count). The van der Waals surface area contributed by atoms with Crippen LogP contribution in [0.25, 0.3) is 10.8 Å². The highest BCUT2D eigenvalue weighted by atomic mass is 32.1. The molecule has 0 aliphatic rings. The number of aromatic nitrogens is 1. The van der Waals surface area contributed by atoms with E-state index in [9.17, 15) is 0 Å². The first-order chi connectivity index (χ1) is 10.9. The third-order valence-electron chi connectivity index (χ3n) is 3.42. The summed E-state index contributed by atoms with van der Waals surface area (Å²) >= 11 is 1.65. The van der Waals surface area contributed by atoms with Gasteiger partial charge in [0, 0.05) is 36.1 Å². The van der Waals surface area contributed by atoms with Crippen LogP contribution in [0.2, 0.25) is 0 Å². The van der Waals surface area contributed by atoms with Crippen LogP contribution in [0.5, 0.6) is 0 Å². The van der Waals surface area contributed by atoms with Gasteiger partial charge in [-0.3, -0.25) is 0 Å². The molecule has 2 aromatic carbocycles. The molecule has 0 saturated heterocycles. The van der Waals surface area contributed by atoms with E-state index in [0.717, 1.165) is 30.5 Å². The predicted octanol–water partition coefficient (Wildman–Crippen LogP) is 3.54. The number of benzene rings is 2. The van der Waals surface area contributed by atoms with Gasteiger partial charge in [0.15, 0.2) is 5.13 Å². The van der Waals surface area contributed by atoms with Gasteiger partial charge in [0.1, 0.15) is 0 Å². The second-order valence-corrected chi connectivity index (χ2v) is 5.91. The fraction of sp³-hybridized carbons (Fsp3) is 0.235. The Bertz CT molecular complexity index is 733. The van der Waals surface area contributed by atoms with E-state index in [1.165, 1.54) is 16.5 Å². The molecule has 1 aromatic heterocycles. The molecule has 4 nitrogen and oxygen atoms in total. The van der Waals surface area contributed by atoms with Gasteiger partial charge < -0.3 is 16.0 Å². The van der Waals surface area contributed by atoms with Crippen LogP contribution in [-0.2, 0) is 6.54 Å². The van der Waals surface area contributed by atoms with E-state index in [-0.39, 0.29) is 0 Å². The molecule has 3 N–H and O–H groups in total. The highest BCUT2D eigenvalue weighted by Gasteiger charge is 2.01. The summed E-state index contributed by atoms with van der Waals surface area (Å²) in [6.07, 6.45) is 0. The van der Waals surface area contributed by atoms with Crippen LogP contribution in [0.3, 0.4) is 0 Å². The van der Waals surface area contributed by atoms with Gasteiger partial charge in [0.05, 0.1) is 5.69 Å². The minimum absolute atomic E-state index is 0.812. The quantitative estimate of drug-likeness (QED) is 0.584. The number of nitrogens with one attached hydrogen (secondary N) is 3. The van der Waals surface area contributed by atoms with Gasteiger partial charge in [0.25, 0.3) is 0 Å². The van der Waals surface area contributed by atoms with Crippen molar-refractivity contribution in [3.05, 3.63) is 53.5 Å². The third kappa shape index (κ3) is 3.55. The molecule has 0 aliphatic heterocycles. The molecular formula is C17H20N4S. The van der Waals surface area contributed by atoms with E-state index in [4.69, 9.17) is 0 Å². The molecule has 0 unspecified atom stereocenters. The zero-order valence-corrected chi connectivity index (χ0v) is 13.4. The van der Waals surface area contributed by atoms with Gasteiger partial charge in [0.2, 0.25) is 0 Å². The summed E-state index contributed by atoms with van der Waals surface area (Å²) in [6.45, 7) is 2.51. The van der Waals surface area contributed by atoms with Crippen LogP contribution in [0.1, 0.15) is 5.69 Å². The van der Waals surface area contributed by atoms with Gasteiger partial charge in [-0.2, -0.15) is 0 Å². The smallest absolute Gasteiger partial charge is 0.182 e. The first kappa shape index (κ1) is 14.8. The van der Waals surface area contributed by atoms with E-state index >= 15 is 0 Å². The van der Waals surface area contributed by atoms with Gasteiger partial charge in [-0.1, -0.05) is 36.4 Å². The lowest BCUT2D eigenvalue weighted by atomic mass is 10.1. The highest BCUT2D eigenvalue weighted by molar-refractivity contribution is 7.13. The maximum atomic E-state index is 4.51. The van der Waals surface area contributed by atoms with Crippen molar-refractivity contribution in [3.8, 4) is 0 Å². The number of hydrogen-bond acceptors (Lipinski definition) is 5. The molecule has 5 heteroatoms. The molecular weight excluding hydrogens is 292 g/mol. The minimum atomic E-state index is 0.812. The first-order valence-corrected chi connectivity index (χ1v) is 8.29. The SMILES string of the molecule is CNCc1csc(NCCNc2cccc3ccccc23)n1. The largest absolute Gasteiger partial charge is 0.383 e. The second kappa shape index (κ2) is 7.24. The van der Waals surface area contributed by atoms with Gasteiger partial charge in [-0.25, -0.2) is 4.98 Å². The monoisotopic (exact) mass is 312 g/mol. The molecule has 0 spiro atoms. The second-order valence-electron chi connectivity index (χ2n) is 5.05. The molecule has 0 fully saturated rings. The maximum Gasteiger partial charge on any atom is 0.182 e. The van der Waals surface area contributed by atoms with Crippen LogP contribution >= 0.6 is 11.3 Å². The Kier molecular flexibility index (Phi) is 4.88. The van der Waals surface area contributed by atoms with Crippen LogP contribution in [0.15, 0.2) is 47.8 Å². The lowest BCUT2D eigenvalue weighted by Crippen LogP contribution is -2.14.